The molecule has 8 heteroatoms. The van der Waals surface area contributed by atoms with Gasteiger partial charge in [0.25, 0.3) is 5.56 Å². The highest BCUT2D eigenvalue weighted by atomic mass is 16.2. The maximum atomic E-state index is 12.3. The van der Waals surface area contributed by atoms with Crippen LogP contribution in [0.2, 0.25) is 0 Å². The van der Waals surface area contributed by atoms with E-state index in [4.69, 9.17) is 0 Å². The van der Waals surface area contributed by atoms with E-state index in [1.54, 1.807) is 17.8 Å². The van der Waals surface area contributed by atoms with Gasteiger partial charge in [-0.1, -0.05) is 12.1 Å². The molecule has 0 saturated carbocycles. The molecule has 0 saturated heterocycles. The molecule has 1 aromatic carbocycles. The lowest BCUT2D eigenvalue weighted by Crippen LogP contribution is -2.33. The maximum absolute atomic E-state index is 12.3. The lowest BCUT2D eigenvalue weighted by Gasteiger charge is -2.14. The number of hydrogen-bond donors (Lipinski definition) is 3. The van der Waals surface area contributed by atoms with Gasteiger partial charge in [0, 0.05) is 12.7 Å². The van der Waals surface area contributed by atoms with Crippen LogP contribution in [0, 0.1) is 0 Å². The molecule has 0 radical (unpaired) electrons. The number of aromatic amines is 2. The Balaban J connectivity index is 1.75. The van der Waals surface area contributed by atoms with Gasteiger partial charge < -0.3 is 14.9 Å². The molecule has 0 spiro atoms. The summed E-state index contributed by atoms with van der Waals surface area (Å²) < 4.78 is 1.77. The smallest absolute Gasteiger partial charge is 0.325 e. The van der Waals surface area contributed by atoms with Gasteiger partial charge in [-0.3, -0.25) is 14.6 Å². The first-order valence-corrected chi connectivity index (χ1v) is 7.06. The second-order valence-corrected chi connectivity index (χ2v) is 5.13. The number of carbonyl (C=O) groups is 1. The van der Waals surface area contributed by atoms with Gasteiger partial charge in [0.15, 0.2) is 0 Å². The highest BCUT2D eigenvalue weighted by molar-refractivity contribution is 5.83. The molecule has 3 N–H and O–H groups in total. The quantitative estimate of drug-likeness (QED) is 0.642. The Labute approximate surface area is 130 Å². The summed E-state index contributed by atoms with van der Waals surface area (Å²) in [5, 5.41) is 2.68. The molecular formula is C15H15N5O3. The number of carbonyl (C=O) groups excluding carboxylic acids is 1. The van der Waals surface area contributed by atoms with Crippen LogP contribution >= 0.6 is 0 Å². The normalized spacial score (nSPS) is 12.2. The number of imidazole rings is 1. The minimum absolute atomic E-state index is 0.0297. The van der Waals surface area contributed by atoms with E-state index < -0.39 is 17.3 Å². The molecule has 0 fully saturated rings. The molecule has 2 aromatic heterocycles. The second kappa shape index (κ2) is 5.91. The Hall–Kier alpha value is -3.16. The van der Waals surface area contributed by atoms with E-state index in [1.807, 2.05) is 24.3 Å². The highest BCUT2D eigenvalue weighted by Gasteiger charge is 2.17. The fourth-order valence-corrected chi connectivity index (χ4v) is 2.31. The first kappa shape index (κ1) is 14.8. The van der Waals surface area contributed by atoms with Crippen molar-refractivity contribution in [3.63, 3.8) is 0 Å². The van der Waals surface area contributed by atoms with Crippen LogP contribution in [0.1, 0.15) is 18.5 Å². The van der Waals surface area contributed by atoms with E-state index in [1.165, 1.54) is 6.20 Å². The van der Waals surface area contributed by atoms with Gasteiger partial charge in [-0.15, -0.1) is 0 Å². The summed E-state index contributed by atoms with van der Waals surface area (Å²) in [4.78, 5) is 43.6. The molecule has 3 aromatic rings. The van der Waals surface area contributed by atoms with Crippen molar-refractivity contribution in [2.24, 2.45) is 0 Å². The SMILES string of the molecule is CC(C(=O)NCc1c[nH]c(=O)[nH]c1=O)n1cnc2ccccc21. The number of para-hydroxylation sites is 2. The number of amides is 1. The molecule has 0 aliphatic rings. The van der Waals surface area contributed by atoms with Crippen molar-refractivity contribution >= 4 is 16.9 Å². The molecule has 1 amide bonds. The van der Waals surface area contributed by atoms with Crippen LogP contribution in [0.4, 0.5) is 0 Å². The van der Waals surface area contributed by atoms with Crippen LogP contribution in [0.3, 0.4) is 0 Å². The molecule has 1 atom stereocenters. The van der Waals surface area contributed by atoms with Gasteiger partial charge in [0.1, 0.15) is 6.04 Å². The predicted molar refractivity (Wildman–Crippen MR) is 84.0 cm³/mol. The fraction of sp³-hybridized carbons (Fsp3) is 0.200. The molecule has 0 bridgehead atoms. The standard InChI is InChI=1S/C15H15N5O3/c1-9(20-8-18-11-4-2-3-5-12(11)20)13(21)16-6-10-7-17-15(23)19-14(10)22/h2-5,7-9H,6H2,1H3,(H,16,21)(H2,17,19,22,23). The first-order chi connectivity index (χ1) is 11.1. The summed E-state index contributed by atoms with van der Waals surface area (Å²) in [6.07, 6.45) is 2.90. The van der Waals surface area contributed by atoms with Crippen molar-refractivity contribution in [2.75, 3.05) is 0 Å². The van der Waals surface area contributed by atoms with Gasteiger partial charge in [0.05, 0.1) is 22.9 Å². The number of nitrogens with one attached hydrogen (secondary N) is 3. The summed E-state index contributed by atoms with van der Waals surface area (Å²) >= 11 is 0. The average molecular weight is 313 g/mol. The number of fused-ring (bicyclic) bond motifs is 1. The molecule has 3 rings (SSSR count). The Morgan fingerprint density at radius 2 is 2.13 bits per heavy atom. The Kier molecular flexibility index (Phi) is 3.80. The van der Waals surface area contributed by atoms with Crippen molar-refractivity contribution in [3.8, 4) is 0 Å². The van der Waals surface area contributed by atoms with Crippen LogP contribution < -0.4 is 16.6 Å². The largest absolute Gasteiger partial charge is 0.350 e. The zero-order valence-electron chi connectivity index (χ0n) is 12.4. The number of rotatable bonds is 4. The monoisotopic (exact) mass is 313 g/mol. The van der Waals surface area contributed by atoms with Crippen molar-refractivity contribution in [3.05, 3.63) is 63.2 Å². The minimum atomic E-state index is -0.580. The predicted octanol–water partition coefficient (Wildman–Crippen LogP) is 0.290. The molecule has 2 heterocycles. The van der Waals surface area contributed by atoms with Crippen molar-refractivity contribution in [2.45, 2.75) is 19.5 Å². The lowest BCUT2D eigenvalue weighted by atomic mass is 10.2. The summed E-state index contributed by atoms with van der Waals surface area (Å²) in [5.41, 5.74) is 0.847. The second-order valence-electron chi connectivity index (χ2n) is 5.13. The fourth-order valence-electron chi connectivity index (χ4n) is 2.31. The zero-order chi connectivity index (χ0) is 16.4. The van der Waals surface area contributed by atoms with Crippen LogP contribution in [-0.2, 0) is 11.3 Å². The third-order valence-corrected chi connectivity index (χ3v) is 3.63. The van der Waals surface area contributed by atoms with Gasteiger partial charge in [-0.25, -0.2) is 9.78 Å². The van der Waals surface area contributed by atoms with Crippen LogP contribution in [0.25, 0.3) is 11.0 Å². The summed E-state index contributed by atoms with van der Waals surface area (Å²) in [7, 11) is 0. The maximum Gasteiger partial charge on any atom is 0.325 e. The third-order valence-electron chi connectivity index (χ3n) is 3.63. The van der Waals surface area contributed by atoms with Crippen LogP contribution in [0.15, 0.2) is 46.4 Å². The van der Waals surface area contributed by atoms with Crippen molar-refractivity contribution < 1.29 is 4.79 Å². The number of benzene rings is 1. The zero-order valence-corrected chi connectivity index (χ0v) is 12.4. The van der Waals surface area contributed by atoms with Gasteiger partial charge in [-0.2, -0.15) is 0 Å². The van der Waals surface area contributed by atoms with Crippen molar-refractivity contribution in [1.29, 1.82) is 0 Å². The molecule has 8 nitrogen and oxygen atoms in total. The Bertz CT molecular complexity index is 969. The van der Waals surface area contributed by atoms with Crippen LogP contribution in [0.5, 0.6) is 0 Å². The molecule has 0 aliphatic heterocycles. The van der Waals surface area contributed by atoms with E-state index in [2.05, 4.69) is 20.3 Å². The van der Waals surface area contributed by atoms with E-state index in [9.17, 15) is 14.4 Å². The Morgan fingerprint density at radius 1 is 1.35 bits per heavy atom. The van der Waals surface area contributed by atoms with Gasteiger partial charge >= 0.3 is 5.69 Å². The average Bonchev–Trinajstić information content (AvgIpc) is 2.97. The number of H-pyrrole nitrogens is 2. The number of hydrogen-bond acceptors (Lipinski definition) is 4. The third kappa shape index (κ3) is 2.91. The molecule has 1 unspecified atom stereocenters. The number of aromatic nitrogens is 4. The van der Waals surface area contributed by atoms with Gasteiger partial charge in [0.2, 0.25) is 5.91 Å². The van der Waals surface area contributed by atoms with E-state index in [0.717, 1.165) is 11.0 Å². The van der Waals surface area contributed by atoms with E-state index in [0.29, 0.717) is 0 Å². The first-order valence-electron chi connectivity index (χ1n) is 7.06. The summed E-state index contributed by atoms with van der Waals surface area (Å²) in [6, 6.07) is 7.04. The summed E-state index contributed by atoms with van der Waals surface area (Å²) in [6.45, 7) is 1.78. The van der Waals surface area contributed by atoms with E-state index in [-0.39, 0.29) is 18.0 Å². The molecule has 118 valence electrons. The van der Waals surface area contributed by atoms with Gasteiger partial charge in [-0.05, 0) is 19.1 Å². The lowest BCUT2D eigenvalue weighted by molar-refractivity contribution is -0.123. The topological polar surface area (TPSA) is 113 Å². The van der Waals surface area contributed by atoms with Crippen molar-refractivity contribution in [1.82, 2.24) is 24.8 Å². The molecule has 0 aliphatic carbocycles. The van der Waals surface area contributed by atoms with E-state index >= 15 is 0 Å². The minimum Gasteiger partial charge on any atom is -0.350 e. The molecular weight excluding hydrogens is 298 g/mol. The van der Waals surface area contributed by atoms with Crippen LogP contribution in [-0.4, -0.2) is 25.4 Å². The molecule has 23 heavy (non-hydrogen) atoms. The Morgan fingerprint density at radius 3 is 2.91 bits per heavy atom. The highest BCUT2D eigenvalue weighted by Crippen LogP contribution is 2.17. The summed E-state index contributed by atoms with van der Waals surface area (Å²) in [5.74, 6) is -0.251. The number of nitrogens with zero attached hydrogens (tertiary/aromatic N) is 2.